The normalized spacial score (nSPS) is 28.8. The molecule has 8 nitrogen and oxygen atoms in total. The molecule has 0 spiro atoms. The number of rotatable bonds is 4. The Kier molecular flexibility index (Phi) is 3.96. The van der Waals surface area contributed by atoms with Crippen LogP contribution in [0.15, 0.2) is 31.1 Å². The van der Waals surface area contributed by atoms with Crippen molar-refractivity contribution in [1.82, 2.24) is 24.1 Å². The Balaban J connectivity index is 1.45. The first-order chi connectivity index (χ1) is 13.4. The second-order valence-corrected chi connectivity index (χ2v) is 8.38. The van der Waals surface area contributed by atoms with Crippen molar-refractivity contribution in [3.8, 4) is 0 Å². The first kappa shape index (κ1) is 17.6. The molecule has 0 radical (unpaired) electrons. The molecule has 3 aromatic heterocycles. The lowest BCUT2D eigenvalue weighted by atomic mass is 9.98. The number of hydrogen-bond acceptors (Lipinski definition) is 6. The fourth-order valence-electron chi connectivity index (χ4n) is 4.83. The molecule has 4 atom stereocenters. The average molecular weight is 382 g/mol. The van der Waals surface area contributed by atoms with E-state index in [1.165, 1.54) is 12.0 Å². The molecule has 0 bridgehead atoms. The number of hydrogen-bond donors (Lipinski definition) is 1. The van der Waals surface area contributed by atoms with E-state index in [1.54, 1.807) is 0 Å². The molecule has 0 amide bonds. The Morgan fingerprint density at radius 1 is 1.25 bits per heavy atom. The van der Waals surface area contributed by atoms with E-state index in [0.29, 0.717) is 11.7 Å². The van der Waals surface area contributed by atoms with Gasteiger partial charge in [-0.1, -0.05) is 0 Å². The zero-order chi connectivity index (χ0) is 19.5. The lowest BCUT2D eigenvalue weighted by Crippen LogP contribution is -2.27. The van der Waals surface area contributed by atoms with E-state index in [2.05, 4.69) is 30.3 Å². The zero-order valence-corrected chi connectivity index (χ0v) is 16.4. The van der Waals surface area contributed by atoms with Crippen LogP contribution in [-0.4, -0.2) is 42.1 Å². The summed E-state index contributed by atoms with van der Waals surface area (Å²) >= 11 is 0. The summed E-state index contributed by atoms with van der Waals surface area (Å²) in [6.45, 7) is 3.99. The number of nitrogens with two attached hydrogens (primary N) is 1. The highest BCUT2D eigenvalue weighted by Gasteiger charge is 2.54. The molecule has 2 aliphatic rings. The lowest BCUT2D eigenvalue weighted by Gasteiger charge is -2.24. The summed E-state index contributed by atoms with van der Waals surface area (Å²) in [6, 6.07) is 2.15. The summed E-state index contributed by atoms with van der Waals surface area (Å²) in [4.78, 5) is 12.8. The average Bonchev–Trinajstić information content (AvgIpc) is 3.37. The lowest BCUT2D eigenvalue weighted by molar-refractivity contribution is -0.160. The van der Waals surface area contributed by atoms with Crippen molar-refractivity contribution in [1.29, 1.82) is 0 Å². The molecule has 1 saturated carbocycles. The minimum Gasteiger partial charge on any atom is -0.383 e. The van der Waals surface area contributed by atoms with Crippen LogP contribution in [0.5, 0.6) is 0 Å². The Morgan fingerprint density at radius 3 is 2.86 bits per heavy atom. The summed E-state index contributed by atoms with van der Waals surface area (Å²) in [5.41, 5.74) is 8.13. The van der Waals surface area contributed by atoms with Crippen LogP contribution in [0, 0.1) is 5.92 Å². The van der Waals surface area contributed by atoms with E-state index in [4.69, 9.17) is 15.2 Å². The molecule has 4 heterocycles. The largest absolute Gasteiger partial charge is 0.383 e. The van der Waals surface area contributed by atoms with Crippen molar-refractivity contribution in [3.63, 3.8) is 0 Å². The third kappa shape index (κ3) is 2.79. The highest BCUT2D eigenvalue weighted by atomic mass is 16.8. The van der Waals surface area contributed by atoms with Crippen molar-refractivity contribution in [2.45, 2.75) is 57.1 Å². The quantitative estimate of drug-likeness (QED) is 0.745. The van der Waals surface area contributed by atoms with Crippen LogP contribution in [0.2, 0.25) is 0 Å². The number of aromatic nitrogens is 5. The molecule has 1 unspecified atom stereocenters. The topological polar surface area (TPSA) is 93.0 Å². The highest BCUT2D eigenvalue weighted by Crippen LogP contribution is 2.49. The van der Waals surface area contributed by atoms with E-state index in [9.17, 15) is 0 Å². The van der Waals surface area contributed by atoms with Crippen molar-refractivity contribution in [3.05, 3.63) is 36.8 Å². The number of aryl methyl sites for hydroxylation is 2. The molecule has 148 valence electrons. The maximum Gasteiger partial charge on any atom is 0.163 e. The minimum atomic E-state index is -0.574. The smallest absolute Gasteiger partial charge is 0.163 e. The van der Waals surface area contributed by atoms with E-state index >= 15 is 0 Å². The van der Waals surface area contributed by atoms with Crippen LogP contribution in [0.25, 0.3) is 11.0 Å². The van der Waals surface area contributed by atoms with Gasteiger partial charge in [-0.25, -0.2) is 15.0 Å². The molecule has 3 aromatic rings. The van der Waals surface area contributed by atoms with Crippen LogP contribution in [-0.2, 0) is 22.9 Å². The second-order valence-electron chi connectivity index (χ2n) is 8.38. The van der Waals surface area contributed by atoms with Gasteiger partial charge in [-0.2, -0.15) is 0 Å². The van der Waals surface area contributed by atoms with Gasteiger partial charge in [0.1, 0.15) is 23.9 Å². The summed E-state index contributed by atoms with van der Waals surface area (Å²) < 4.78 is 17.0. The summed E-state index contributed by atoms with van der Waals surface area (Å²) in [7, 11) is 2.04. The molecule has 1 saturated heterocycles. The Labute approximate surface area is 163 Å². The van der Waals surface area contributed by atoms with Crippen LogP contribution >= 0.6 is 0 Å². The predicted molar refractivity (Wildman–Crippen MR) is 104 cm³/mol. The van der Waals surface area contributed by atoms with E-state index in [1.807, 2.05) is 39.5 Å². The molecular formula is C20H26N6O2. The predicted octanol–water partition coefficient (Wildman–Crippen LogP) is 2.46. The van der Waals surface area contributed by atoms with Gasteiger partial charge in [0.2, 0.25) is 0 Å². The summed E-state index contributed by atoms with van der Waals surface area (Å²) in [5, 5.41) is 0.885. The van der Waals surface area contributed by atoms with E-state index in [0.717, 1.165) is 30.3 Å². The van der Waals surface area contributed by atoms with Gasteiger partial charge in [-0.3, -0.25) is 0 Å². The van der Waals surface area contributed by atoms with Crippen molar-refractivity contribution in [2.24, 2.45) is 13.0 Å². The summed E-state index contributed by atoms with van der Waals surface area (Å²) in [6.07, 6.45) is 10.4. The molecular weight excluding hydrogens is 356 g/mol. The van der Waals surface area contributed by atoms with Crippen LogP contribution in [0.3, 0.4) is 0 Å². The third-order valence-electron chi connectivity index (χ3n) is 6.14. The van der Waals surface area contributed by atoms with Crippen LogP contribution in [0.1, 0.15) is 38.4 Å². The van der Waals surface area contributed by atoms with Gasteiger partial charge in [-0.05, 0) is 45.1 Å². The van der Waals surface area contributed by atoms with Crippen molar-refractivity contribution >= 4 is 16.9 Å². The SMILES string of the molecule is Cn1cncc1CC[C@H]1CC(n2ccc3c(N)ncnc32)[C@@H]2OC(C)(C)O[C@H]12. The maximum atomic E-state index is 6.34. The Morgan fingerprint density at radius 2 is 2.07 bits per heavy atom. The number of nitrogen functional groups attached to an aromatic ring is 1. The molecule has 8 heteroatoms. The zero-order valence-electron chi connectivity index (χ0n) is 16.4. The molecule has 1 aliphatic heterocycles. The molecule has 0 aromatic carbocycles. The number of imidazole rings is 1. The minimum absolute atomic E-state index is 0.00155. The first-order valence-corrected chi connectivity index (χ1v) is 9.81. The van der Waals surface area contributed by atoms with Crippen molar-refractivity contribution < 1.29 is 9.47 Å². The van der Waals surface area contributed by atoms with Crippen LogP contribution in [0.4, 0.5) is 5.82 Å². The standard InChI is InChI=1S/C20H26N6O2/c1-20(2)27-16-12(4-5-13-9-22-11-25(13)3)8-15(17(16)28-20)26-7-6-14-18(21)23-10-24-19(14)26/h6-7,9-12,15-17H,4-5,8H2,1-3H3,(H2,21,23,24)/t12-,15?,16+,17-/m0/s1. The van der Waals surface area contributed by atoms with Gasteiger partial charge in [-0.15, -0.1) is 0 Å². The second kappa shape index (κ2) is 6.28. The monoisotopic (exact) mass is 382 g/mol. The Bertz CT molecular complexity index is 1010. The summed E-state index contributed by atoms with van der Waals surface area (Å²) in [5.74, 6) is 0.341. The van der Waals surface area contributed by atoms with Gasteiger partial charge in [0, 0.05) is 25.1 Å². The fourth-order valence-corrected chi connectivity index (χ4v) is 4.83. The first-order valence-electron chi connectivity index (χ1n) is 9.81. The molecule has 28 heavy (non-hydrogen) atoms. The number of ether oxygens (including phenoxy) is 2. The fraction of sp³-hybridized carbons (Fsp3) is 0.550. The van der Waals surface area contributed by atoms with Crippen LogP contribution < -0.4 is 5.73 Å². The molecule has 1 aliphatic carbocycles. The number of fused-ring (bicyclic) bond motifs is 2. The number of nitrogens with zero attached hydrogens (tertiary/aromatic N) is 5. The van der Waals surface area contributed by atoms with Gasteiger partial charge >= 0.3 is 0 Å². The Hall–Kier alpha value is -2.45. The number of anilines is 1. The molecule has 2 fully saturated rings. The molecule has 5 rings (SSSR count). The van der Waals surface area contributed by atoms with E-state index < -0.39 is 5.79 Å². The van der Waals surface area contributed by atoms with Gasteiger partial charge in [0.25, 0.3) is 0 Å². The maximum absolute atomic E-state index is 6.34. The van der Waals surface area contributed by atoms with Gasteiger partial charge in [0.15, 0.2) is 5.79 Å². The third-order valence-corrected chi connectivity index (χ3v) is 6.14. The van der Waals surface area contributed by atoms with E-state index in [-0.39, 0.29) is 18.2 Å². The van der Waals surface area contributed by atoms with Crippen molar-refractivity contribution in [2.75, 3.05) is 5.73 Å². The van der Waals surface area contributed by atoms with Gasteiger partial charge in [0.05, 0.1) is 23.9 Å². The van der Waals surface area contributed by atoms with Gasteiger partial charge < -0.3 is 24.3 Å². The molecule has 2 N–H and O–H groups in total. The highest BCUT2D eigenvalue weighted by molar-refractivity contribution is 5.86.